The average Bonchev–Trinajstić information content (AvgIpc) is 2.72. The van der Waals surface area contributed by atoms with Crippen molar-refractivity contribution >= 4 is 0 Å². The van der Waals surface area contributed by atoms with Crippen molar-refractivity contribution in [1.29, 1.82) is 0 Å². The van der Waals surface area contributed by atoms with Gasteiger partial charge in [0.15, 0.2) is 0 Å². The monoisotopic (exact) mass is 256 g/mol. The summed E-state index contributed by atoms with van der Waals surface area (Å²) in [5.74, 6) is 0.186. The van der Waals surface area contributed by atoms with E-state index in [4.69, 9.17) is 4.74 Å². The third-order valence-corrected chi connectivity index (χ3v) is 2.46. The van der Waals surface area contributed by atoms with Crippen molar-refractivity contribution in [2.24, 2.45) is 7.05 Å². The van der Waals surface area contributed by atoms with E-state index >= 15 is 0 Å². The summed E-state index contributed by atoms with van der Waals surface area (Å²) in [7, 11) is 1.79. The van der Waals surface area contributed by atoms with Crippen molar-refractivity contribution in [3.8, 4) is 5.75 Å². The largest absolute Gasteiger partial charge is 0.487 e. The number of nitrogens with zero attached hydrogens (tertiary/aromatic N) is 2. The fraction of sp³-hybridized carbons (Fsp3) is 0.250. The number of imidazole rings is 1. The fourth-order valence-corrected chi connectivity index (χ4v) is 1.44. The summed E-state index contributed by atoms with van der Waals surface area (Å²) >= 11 is 0. The summed E-state index contributed by atoms with van der Waals surface area (Å²) in [5, 5.41) is 0. The van der Waals surface area contributed by atoms with Crippen LogP contribution in [-0.4, -0.2) is 9.55 Å². The van der Waals surface area contributed by atoms with Gasteiger partial charge in [-0.3, -0.25) is 0 Å². The Morgan fingerprint density at radius 1 is 1.33 bits per heavy atom. The highest BCUT2D eigenvalue weighted by Gasteiger charge is 2.30. The van der Waals surface area contributed by atoms with Gasteiger partial charge in [0.25, 0.3) is 0 Å². The molecule has 0 spiro atoms. The Kier molecular flexibility index (Phi) is 3.27. The van der Waals surface area contributed by atoms with Crippen LogP contribution >= 0.6 is 0 Å². The summed E-state index contributed by atoms with van der Waals surface area (Å²) in [5.41, 5.74) is 0.0671. The second-order valence-electron chi connectivity index (χ2n) is 3.81. The molecule has 0 saturated heterocycles. The van der Waals surface area contributed by atoms with Gasteiger partial charge in [0.1, 0.15) is 12.4 Å². The first-order valence-corrected chi connectivity index (χ1v) is 5.22. The maximum atomic E-state index is 12.5. The summed E-state index contributed by atoms with van der Waals surface area (Å²) in [4.78, 5) is 3.89. The maximum absolute atomic E-state index is 12.5. The Morgan fingerprint density at radius 2 is 2.11 bits per heavy atom. The number of aryl methyl sites for hydroxylation is 1. The highest BCUT2D eigenvalue weighted by molar-refractivity contribution is 5.30. The molecule has 0 aliphatic rings. The van der Waals surface area contributed by atoms with Crippen molar-refractivity contribution in [3.05, 3.63) is 48.0 Å². The van der Waals surface area contributed by atoms with Crippen LogP contribution in [0.4, 0.5) is 13.2 Å². The Hall–Kier alpha value is -1.98. The van der Waals surface area contributed by atoms with Crippen molar-refractivity contribution in [2.75, 3.05) is 0 Å². The molecule has 2 rings (SSSR count). The number of hydrogen-bond donors (Lipinski definition) is 0. The minimum absolute atomic E-state index is 0.178. The zero-order valence-electron chi connectivity index (χ0n) is 9.61. The van der Waals surface area contributed by atoms with Crippen LogP contribution in [0.5, 0.6) is 5.75 Å². The number of halogens is 3. The number of aromatic nitrogens is 2. The van der Waals surface area contributed by atoms with Gasteiger partial charge in [-0.15, -0.1) is 0 Å². The van der Waals surface area contributed by atoms with Gasteiger partial charge in [-0.25, -0.2) is 4.98 Å². The SMILES string of the molecule is Cn1cncc1COc1cccc(C(F)(F)F)c1. The molecule has 0 aliphatic carbocycles. The van der Waals surface area contributed by atoms with Gasteiger partial charge in [0.2, 0.25) is 0 Å². The van der Waals surface area contributed by atoms with E-state index in [2.05, 4.69) is 4.98 Å². The molecule has 96 valence electrons. The molecule has 18 heavy (non-hydrogen) atoms. The van der Waals surface area contributed by atoms with E-state index in [0.717, 1.165) is 17.8 Å². The smallest absolute Gasteiger partial charge is 0.416 e. The quantitative estimate of drug-likeness (QED) is 0.844. The normalized spacial score (nSPS) is 11.6. The zero-order chi connectivity index (χ0) is 13.2. The summed E-state index contributed by atoms with van der Waals surface area (Å²) < 4.78 is 44.5. The van der Waals surface area contributed by atoms with Gasteiger partial charge in [0, 0.05) is 7.05 Å². The number of alkyl halides is 3. The lowest BCUT2D eigenvalue weighted by Crippen LogP contribution is -2.06. The molecule has 0 atom stereocenters. The molecule has 6 heteroatoms. The number of hydrogen-bond acceptors (Lipinski definition) is 2. The highest BCUT2D eigenvalue weighted by atomic mass is 19.4. The summed E-state index contributed by atoms with van der Waals surface area (Å²) in [6, 6.07) is 4.81. The van der Waals surface area contributed by atoms with E-state index in [-0.39, 0.29) is 12.4 Å². The van der Waals surface area contributed by atoms with Crippen LogP contribution in [0.25, 0.3) is 0 Å². The van der Waals surface area contributed by atoms with Gasteiger partial charge in [-0.1, -0.05) is 6.07 Å². The first kappa shape index (κ1) is 12.5. The lowest BCUT2D eigenvalue weighted by atomic mass is 10.2. The van der Waals surface area contributed by atoms with Crippen LogP contribution in [0.2, 0.25) is 0 Å². The number of ether oxygens (including phenoxy) is 1. The van der Waals surface area contributed by atoms with Crippen molar-refractivity contribution in [2.45, 2.75) is 12.8 Å². The lowest BCUT2D eigenvalue weighted by molar-refractivity contribution is -0.137. The molecule has 0 fully saturated rings. The minimum atomic E-state index is -4.36. The molecule has 1 aromatic carbocycles. The Morgan fingerprint density at radius 3 is 2.72 bits per heavy atom. The third-order valence-electron chi connectivity index (χ3n) is 2.46. The molecule has 3 nitrogen and oxygen atoms in total. The van der Waals surface area contributed by atoms with E-state index in [1.54, 1.807) is 24.1 Å². The van der Waals surface area contributed by atoms with Crippen molar-refractivity contribution in [3.63, 3.8) is 0 Å². The standard InChI is InChI=1S/C12H11F3N2O/c1-17-8-16-6-10(17)7-18-11-4-2-3-9(5-11)12(13,14)15/h2-6,8H,7H2,1H3. The Balaban J connectivity index is 2.09. The minimum Gasteiger partial charge on any atom is -0.487 e. The molecule has 0 amide bonds. The average molecular weight is 256 g/mol. The van der Waals surface area contributed by atoms with Crippen LogP contribution < -0.4 is 4.74 Å². The van der Waals surface area contributed by atoms with Crippen LogP contribution in [0, 0.1) is 0 Å². The topological polar surface area (TPSA) is 27.1 Å². The van der Waals surface area contributed by atoms with Crippen molar-refractivity contribution in [1.82, 2.24) is 9.55 Å². The molecule has 0 N–H and O–H groups in total. The van der Waals surface area contributed by atoms with Crippen LogP contribution in [0.1, 0.15) is 11.3 Å². The molecule has 2 aromatic rings. The van der Waals surface area contributed by atoms with E-state index in [1.165, 1.54) is 12.1 Å². The van der Waals surface area contributed by atoms with Gasteiger partial charge >= 0.3 is 6.18 Å². The predicted octanol–water partition coefficient (Wildman–Crippen LogP) is 3.02. The highest BCUT2D eigenvalue weighted by Crippen LogP contribution is 2.31. The lowest BCUT2D eigenvalue weighted by Gasteiger charge is -2.10. The molecule has 0 bridgehead atoms. The Labute approximate surface area is 102 Å². The second kappa shape index (κ2) is 4.72. The molecular weight excluding hydrogens is 245 g/mol. The molecule has 0 saturated carbocycles. The third kappa shape index (κ3) is 2.82. The van der Waals surface area contributed by atoms with Gasteiger partial charge in [-0.05, 0) is 18.2 Å². The van der Waals surface area contributed by atoms with E-state index in [9.17, 15) is 13.2 Å². The first-order chi connectivity index (χ1) is 8.47. The van der Waals surface area contributed by atoms with Crippen LogP contribution in [0.3, 0.4) is 0 Å². The molecule has 1 aromatic heterocycles. The van der Waals surface area contributed by atoms with Gasteiger partial charge in [-0.2, -0.15) is 13.2 Å². The predicted molar refractivity (Wildman–Crippen MR) is 59.0 cm³/mol. The molecule has 0 radical (unpaired) electrons. The molecule has 1 heterocycles. The van der Waals surface area contributed by atoms with E-state index in [1.807, 2.05) is 0 Å². The summed E-state index contributed by atoms with van der Waals surface area (Å²) in [6.07, 6.45) is -1.15. The molecule has 0 aliphatic heterocycles. The molecule has 0 unspecified atom stereocenters. The van der Waals surface area contributed by atoms with Gasteiger partial charge < -0.3 is 9.30 Å². The maximum Gasteiger partial charge on any atom is 0.416 e. The van der Waals surface area contributed by atoms with Gasteiger partial charge in [0.05, 0.1) is 23.8 Å². The fourth-order valence-electron chi connectivity index (χ4n) is 1.44. The van der Waals surface area contributed by atoms with Crippen LogP contribution in [0.15, 0.2) is 36.8 Å². The van der Waals surface area contributed by atoms with Crippen molar-refractivity contribution < 1.29 is 17.9 Å². The van der Waals surface area contributed by atoms with E-state index in [0.29, 0.717) is 0 Å². The van der Waals surface area contributed by atoms with E-state index < -0.39 is 11.7 Å². The van der Waals surface area contributed by atoms with Crippen LogP contribution in [-0.2, 0) is 19.8 Å². The number of benzene rings is 1. The Bertz CT molecular complexity index is 534. The molecular formula is C12H11F3N2O. The first-order valence-electron chi connectivity index (χ1n) is 5.22. The summed E-state index contributed by atoms with van der Waals surface area (Å²) in [6.45, 7) is 0.178. The second-order valence-corrected chi connectivity index (χ2v) is 3.81. The zero-order valence-corrected chi connectivity index (χ0v) is 9.61. The number of rotatable bonds is 3.